The van der Waals surface area contributed by atoms with E-state index >= 15 is 0 Å². The Bertz CT molecular complexity index is 9010. The van der Waals surface area contributed by atoms with Crippen molar-refractivity contribution in [1.29, 1.82) is 0 Å². The van der Waals surface area contributed by atoms with Gasteiger partial charge in [0.2, 0.25) is 0 Å². The minimum absolute atomic E-state index is 0.264. The van der Waals surface area contributed by atoms with Crippen LogP contribution < -0.4 is 19.6 Å². The lowest BCUT2D eigenvalue weighted by atomic mass is 9.82. The van der Waals surface area contributed by atoms with Crippen LogP contribution >= 0.6 is 0 Å². The lowest BCUT2D eigenvalue weighted by Gasteiger charge is -2.30. The van der Waals surface area contributed by atoms with Crippen LogP contribution in [0.3, 0.4) is 0 Å². The van der Waals surface area contributed by atoms with Crippen molar-refractivity contribution >= 4 is 188 Å². The molecular weight excluding hydrogens is 1650 g/mol. The molecule has 136 heavy (non-hydrogen) atoms. The van der Waals surface area contributed by atoms with Crippen molar-refractivity contribution in [3.8, 4) is 44.5 Å². The molecule has 0 radical (unpaired) electrons. The summed E-state index contributed by atoms with van der Waals surface area (Å²) in [5.41, 5.74) is 31.6. The number of para-hydroxylation sites is 5. The fraction of sp³-hybridized carbons (Fsp3) is 0.0462. The third-order valence-electron chi connectivity index (χ3n) is 29.0. The molecule has 6 nitrogen and oxygen atoms in total. The minimum atomic E-state index is -0.290. The predicted molar refractivity (Wildman–Crippen MR) is 575 cm³/mol. The predicted octanol–water partition coefficient (Wildman–Crippen LogP) is 37.1. The molecule has 0 spiro atoms. The van der Waals surface area contributed by atoms with Gasteiger partial charge >= 0.3 is 0 Å². The monoisotopic (exact) mass is 1740 g/mol. The molecular formula is C130H90N4O2. The second-order valence-corrected chi connectivity index (χ2v) is 37.4. The van der Waals surface area contributed by atoms with Gasteiger partial charge in [0, 0.05) is 100 Å². The van der Waals surface area contributed by atoms with E-state index in [-0.39, 0.29) is 10.8 Å². The third kappa shape index (κ3) is 13.1. The largest absolute Gasteiger partial charge is 0.456 e. The number of furan rings is 2. The molecule has 23 aromatic carbocycles. The summed E-state index contributed by atoms with van der Waals surface area (Å²) in [6.45, 7) is 9.55. The Morgan fingerprint density at radius 1 is 0.154 bits per heavy atom. The van der Waals surface area contributed by atoms with Gasteiger partial charge < -0.3 is 28.4 Å². The van der Waals surface area contributed by atoms with E-state index in [9.17, 15) is 0 Å². The van der Waals surface area contributed by atoms with Gasteiger partial charge in [-0.25, -0.2) is 0 Å². The number of rotatable bonds is 14. The van der Waals surface area contributed by atoms with Crippen LogP contribution in [0.15, 0.2) is 482 Å². The molecule has 2 aliphatic rings. The first-order valence-corrected chi connectivity index (χ1v) is 47.1. The summed E-state index contributed by atoms with van der Waals surface area (Å²) in [4.78, 5) is 9.67. The summed E-state index contributed by atoms with van der Waals surface area (Å²) in [5.74, 6) is 0. The lowest BCUT2D eigenvalue weighted by Crippen LogP contribution is -2.17. The summed E-state index contributed by atoms with van der Waals surface area (Å²) in [6.07, 6.45) is 0. The molecule has 0 fully saturated rings. The molecule has 0 aliphatic heterocycles. The van der Waals surface area contributed by atoms with Crippen LogP contribution in [-0.2, 0) is 10.8 Å². The summed E-state index contributed by atoms with van der Waals surface area (Å²) in [7, 11) is 0. The highest BCUT2D eigenvalue weighted by atomic mass is 16.3. The summed E-state index contributed by atoms with van der Waals surface area (Å²) in [5, 5.41) is 22.1. The fourth-order valence-electron chi connectivity index (χ4n) is 22.4. The van der Waals surface area contributed by atoms with E-state index in [0.717, 1.165) is 134 Å². The highest BCUT2D eigenvalue weighted by molar-refractivity contribution is 6.27. The van der Waals surface area contributed by atoms with E-state index in [1.807, 2.05) is 24.3 Å². The molecule has 0 unspecified atom stereocenters. The number of anilines is 12. The zero-order chi connectivity index (χ0) is 90.4. The van der Waals surface area contributed by atoms with Gasteiger partial charge in [0.1, 0.15) is 22.3 Å². The van der Waals surface area contributed by atoms with Gasteiger partial charge in [0.05, 0.1) is 5.69 Å². The van der Waals surface area contributed by atoms with Crippen LogP contribution in [0.4, 0.5) is 68.2 Å². The Morgan fingerprint density at radius 2 is 0.404 bits per heavy atom. The van der Waals surface area contributed by atoms with Crippen LogP contribution in [0.2, 0.25) is 0 Å². The van der Waals surface area contributed by atoms with Crippen LogP contribution in [0.5, 0.6) is 0 Å². The third-order valence-corrected chi connectivity index (χ3v) is 29.0. The second-order valence-electron chi connectivity index (χ2n) is 37.4. The molecule has 0 N–H and O–H groups in total. The van der Waals surface area contributed by atoms with E-state index in [0.29, 0.717) is 0 Å². The van der Waals surface area contributed by atoms with Crippen molar-refractivity contribution < 1.29 is 8.83 Å². The minimum Gasteiger partial charge on any atom is -0.456 e. The standard InChI is InChI=1S/C67H46N2O.C63H44N2O/c1-67(2)62-41-49(33-36-57(62)58-37-34-50(42-63(58)67)69(46-17-4-3-5-18-46)64-25-14-16-44-15-6-7-19-51(44)64)68(48-32-35-56-54-22-9-8-20-52(54)53-21-10-11-23-55(53)60(56)40-48)47-30-27-43(28-31-47)45-29-38-66-61(39-45)59-24-12-13-26-65(59)70-66;1-63(2)59-39-47(64(43-15-5-3-6-16-43)44-17-7-4-8-18-44)31-34-54(59)55-35-32-48(40-60(55)63)65(46-30-33-53-51-21-10-9-19-49(51)50-20-11-12-22-52(50)57(53)38-46)45-28-25-41(26-29-45)42-27-36-62-58(37-42)56-23-13-14-24-61(56)66-62/h3-42H,1-2H3;3-40H,1-2H3. The quantitative estimate of drug-likeness (QED) is 0.101. The Balaban J connectivity index is 0.000000141. The van der Waals surface area contributed by atoms with Crippen molar-refractivity contribution in [3.63, 3.8) is 0 Å². The van der Waals surface area contributed by atoms with E-state index < -0.39 is 0 Å². The van der Waals surface area contributed by atoms with Crippen LogP contribution in [0.1, 0.15) is 49.9 Å². The fourth-order valence-corrected chi connectivity index (χ4v) is 22.4. The summed E-state index contributed by atoms with van der Waals surface area (Å²) in [6, 6.07) is 173. The number of nitrogens with zero attached hydrogens (tertiary/aromatic N) is 4. The van der Waals surface area contributed by atoms with Gasteiger partial charge in [0.15, 0.2) is 0 Å². The van der Waals surface area contributed by atoms with E-state index in [1.54, 1.807) is 0 Å². The van der Waals surface area contributed by atoms with Crippen LogP contribution in [0.25, 0.3) is 164 Å². The van der Waals surface area contributed by atoms with E-state index in [4.69, 9.17) is 8.83 Å². The topological polar surface area (TPSA) is 39.2 Å². The number of hydrogen-bond acceptors (Lipinski definition) is 6. The smallest absolute Gasteiger partial charge is 0.135 e. The first kappa shape index (κ1) is 79.6. The Hall–Kier alpha value is -17.3. The normalized spacial score (nSPS) is 12.8. The maximum Gasteiger partial charge on any atom is 0.135 e. The SMILES string of the molecule is CC1(C)c2cc(N(c3ccc(-c4ccc5oc6ccccc6c5c4)cc3)c3ccc4c5ccccc5c5ccccc5c4c3)ccc2-c2ccc(N(c3ccccc3)c3cccc4ccccc34)cc21.CC1(C)c2cc(N(c3ccccc3)c3ccccc3)ccc2-c2ccc(N(c3ccc(-c4ccc5oc6ccccc6c5c4)cc3)c3ccc4c5ccccc5c5ccccc5c4c3)cc21. The maximum absolute atomic E-state index is 6.20. The van der Waals surface area contributed by atoms with Crippen molar-refractivity contribution in [1.82, 2.24) is 0 Å². The number of fused-ring (bicyclic) bond motifs is 25. The Kier molecular flexibility index (Phi) is 18.6. The van der Waals surface area contributed by atoms with Crippen molar-refractivity contribution in [2.45, 2.75) is 38.5 Å². The molecule has 2 heterocycles. The molecule has 6 heteroatoms. The number of benzene rings is 23. The van der Waals surface area contributed by atoms with Gasteiger partial charge in [-0.3, -0.25) is 0 Å². The van der Waals surface area contributed by atoms with Gasteiger partial charge in [0.25, 0.3) is 0 Å². The summed E-state index contributed by atoms with van der Waals surface area (Å²) < 4.78 is 12.4. The molecule has 0 saturated heterocycles. The average Bonchev–Trinajstić information content (AvgIpc) is 1.54. The highest BCUT2D eigenvalue weighted by Crippen LogP contribution is 2.57. The highest BCUT2D eigenvalue weighted by Gasteiger charge is 2.40. The molecule has 0 bridgehead atoms. The Morgan fingerprint density at radius 3 is 0.779 bits per heavy atom. The van der Waals surface area contributed by atoms with Gasteiger partial charge in [-0.15, -0.1) is 0 Å². The van der Waals surface area contributed by atoms with Gasteiger partial charge in [-0.1, -0.05) is 325 Å². The van der Waals surface area contributed by atoms with Gasteiger partial charge in [-0.05, 0) is 313 Å². The molecule has 2 aliphatic carbocycles. The molecule has 2 aromatic heterocycles. The molecule has 0 amide bonds. The molecule has 0 saturated carbocycles. The molecule has 25 aromatic rings. The van der Waals surface area contributed by atoms with E-state index in [2.05, 4.69) is 496 Å². The van der Waals surface area contributed by atoms with Crippen LogP contribution in [-0.4, -0.2) is 0 Å². The zero-order valence-corrected chi connectivity index (χ0v) is 75.6. The van der Waals surface area contributed by atoms with Gasteiger partial charge in [-0.2, -0.15) is 0 Å². The Labute approximate surface area is 788 Å². The van der Waals surface area contributed by atoms with E-state index in [1.165, 1.54) is 120 Å². The molecule has 642 valence electrons. The van der Waals surface area contributed by atoms with Crippen LogP contribution in [0, 0.1) is 0 Å². The average molecular weight is 1740 g/mol. The lowest BCUT2D eigenvalue weighted by molar-refractivity contribution is 0.660. The zero-order valence-electron chi connectivity index (χ0n) is 75.6. The van der Waals surface area contributed by atoms with Crippen molar-refractivity contribution in [2.24, 2.45) is 0 Å². The first-order valence-electron chi connectivity index (χ1n) is 47.1. The molecule has 0 atom stereocenters. The first-order chi connectivity index (χ1) is 66.9. The van der Waals surface area contributed by atoms with Crippen molar-refractivity contribution in [3.05, 3.63) is 495 Å². The number of hydrogen-bond donors (Lipinski definition) is 0. The molecule has 27 rings (SSSR count). The second kappa shape index (κ2) is 31.7. The maximum atomic E-state index is 6.20. The summed E-state index contributed by atoms with van der Waals surface area (Å²) >= 11 is 0. The van der Waals surface area contributed by atoms with Crippen molar-refractivity contribution in [2.75, 3.05) is 19.6 Å².